The first-order chi connectivity index (χ1) is 8.54. The minimum absolute atomic E-state index is 0. The molecular weight excluding hydrogens is 311 g/mol. The van der Waals surface area contributed by atoms with Gasteiger partial charge in [0.05, 0.1) is 17.6 Å². The summed E-state index contributed by atoms with van der Waals surface area (Å²) in [6.45, 7) is 1.29. The number of hydrogen-bond acceptors (Lipinski definition) is 4. The lowest BCUT2D eigenvalue weighted by Crippen LogP contribution is -2.48. The molecule has 1 aliphatic rings. The smallest absolute Gasteiger partial charge is 0.243 e. The second-order valence-electron chi connectivity index (χ2n) is 4.05. The topological polar surface area (TPSA) is 72.6 Å². The van der Waals surface area contributed by atoms with E-state index >= 15 is 0 Å². The molecule has 0 aliphatic carbocycles. The minimum atomic E-state index is -3.51. The number of nitrogens with two attached hydrogens (primary N) is 1. The van der Waals surface area contributed by atoms with E-state index in [1.54, 1.807) is 12.1 Å². The fourth-order valence-electron chi connectivity index (χ4n) is 1.83. The number of morpholine rings is 1. The normalized spacial score (nSPS) is 20.8. The molecule has 0 saturated carbocycles. The third kappa shape index (κ3) is 3.81. The van der Waals surface area contributed by atoms with Crippen molar-refractivity contribution in [3.8, 4) is 0 Å². The predicted molar refractivity (Wildman–Crippen MR) is 76.3 cm³/mol. The zero-order chi connectivity index (χ0) is 13.2. The van der Waals surface area contributed by atoms with Crippen LogP contribution in [0.2, 0.25) is 5.02 Å². The summed E-state index contributed by atoms with van der Waals surface area (Å²) < 4.78 is 31.5. The van der Waals surface area contributed by atoms with Gasteiger partial charge in [-0.05, 0) is 18.2 Å². The van der Waals surface area contributed by atoms with E-state index in [4.69, 9.17) is 22.1 Å². The maximum Gasteiger partial charge on any atom is 0.243 e. The second-order valence-corrected chi connectivity index (χ2v) is 6.42. The highest BCUT2D eigenvalue weighted by molar-refractivity contribution is 7.89. The maximum atomic E-state index is 12.4. The first kappa shape index (κ1) is 16.7. The average Bonchev–Trinajstić information content (AvgIpc) is 2.39. The van der Waals surface area contributed by atoms with E-state index in [1.807, 2.05) is 0 Å². The molecule has 1 fully saturated rings. The van der Waals surface area contributed by atoms with Crippen LogP contribution in [0.3, 0.4) is 0 Å². The highest BCUT2D eigenvalue weighted by atomic mass is 35.5. The van der Waals surface area contributed by atoms with Crippen LogP contribution < -0.4 is 5.73 Å². The molecule has 1 heterocycles. The Hall–Kier alpha value is -0.370. The summed E-state index contributed by atoms with van der Waals surface area (Å²) >= 11 is 5.82. The monoisotopic (exact) mass is 326 g/mol. The van der Waals surface area contributed by atoms with E-state index in [0.717, 1.165) is 0 Å². The fourth-order valence-corrected chi connectivity index (χ4v) is 3.59. The molecule has 1 saturated heterocycles. The Morgan fingerprint density at radius 2 is 2.21 bits per heavy atom. The van der Waals surface area contributed by atoms with Crippen LogP contribution in [0.4, 0.5) is 0 Å². The Bertz CT molecular complexity index is 524. The summed E-state index contributed by atoms with van der Waals surface area (Å²) in [5.74, 6) is 0. The summed E-state index contributed by atoms with van der Waals surface area (Å²) in [6, 6.07) is 6.25. The zero-order valence-corrected chi connectivity index (χ0v) is 12.5. The first-order valence-corrected chi connectivity index (χ1v) is 7.43. The highest BCUT2D eigenvalue weighted by Gasteiger charge is 2.30. The van der Waals surface area contributed by atoms with Crippen LogP contribution in [0.1, 0.15) is 0 Å². The quantitative estimate of drug-likeness (QED) is 0.903. The molecule has 1 aromatic rings. The molecule has 1 aromatic carbocycles. The summed E-state index contributed by atoms with van der Waals surface area (Å²) in [5.41, 5.74) is 5.50. The molecule has 8 heteroatoms. The standard InChI is InChI=1S/C11H15ClN2O3S.ClH/c12-9-2-1-3-11(6-9)18(15,16)14-4-5-17-10(7-13)8-14;/h1-3,6,10H,4-5,7-8,13H2;1H. The summed E-state index contributed by atoms with van der Waals surface area (Å²) in [5, 5.41) is 0.403. The molecule has 2 N–H and O–H groups in total. The lowest BCUT2D eigenvalue weighted by molar-refractivity contribution is 0.00450. The SMILES string of the molecule is Cl.NCC1CN(S(=O)(=O)c2cccc(Cl)c2)CCO1. The van der Waals surface area contributed by atoms with Crippen molar-refractivity contribution in [1.29, 1.82) is 0 Å². The van der Waals surface area contributed by atoms with Crippen molar-refractivity contribution in [3.63, 3.8) is 0 Å². The molecule has 0 aromatic heterocycles. The largest absolute Gasteiger partial charge is 0.374 e. The molecule has 5 nitrogen and oxygen atoms in total. The summed E-state index contributed by atoms with van der Waals surface area (Å²) in [7, 11) is -3.51. The lowest BCUT2D eigenvalue weighted by atomic mass is 10.3. The van der Waals surface area contributed by atoms with Gasteiger partial charge in [0, 0.05) is 24.7 Å². The van der Waals surface area contributed by atoms with E-state index in [2.05, 4.69) is 0 Å². The summed E-state index contributed by atoms with van der Waals surface area (Å²) in [6.07, 6.45) is -0.243. The van der Waals surface area contributed by atoms with Crippen LogP contribution in [0.5, 0.6) is 0 Å². The number of rotatable bonds is 3. The molecule has 0 radical (unpaired) electrons. The number of sulfonamides is 1. The Labute approximate surface area is 124 Å². The van der Waals surface area contributed by atoms with Crippen LogP contribution >= 0.6 is 24.0 Å². The van der Waals surface area contributed by atoms with Crippen molar-refractivity contribution < 1.29 is 13.2 Å². The second kappa shape index (κ2) is 6.88. The van der Waals surface area contributed by atoms with Crippen LogP contribution in [0, 0.1) is 0 Å². The Morgan fingerprint density at radius 3 is 2.84 bits per heavy atom. The predicted octanol–water partition coefficient (Wildman–Crippen LogP) is 1.11. The van der Waals surface area contributed by atoms with E-state index < -0.39 is 10.0 Å². The van der Waals surface area contributed by atoms with Gasteiger partial charge in [-0.3, -0.25) is 0 Å². The number of halogens is 2. The van der Waals surface area contributed by atoms with Crippen LogP contribution in [0.25, 0.3) is 0 Å². The molecule has 2 rings (SSSR count). The molecule has 0 spiro atoms. The van der Waals surface area contributed by atoms with Crippen LogP contribution in [-0.2, 0) is 14.8 Å². The number of hydrogen-bond donors (Lipinski definition) is 1. The first-order valence-electron chi connectivity index (χ1n) is 5.61. The molecule has 1 aliphatic heterocycles. The van der Waals surface area contributed by atoms with Gasteiger partial charge in [0.15, 0.2) is 0 Å². The molecule has 19 heavy (non-hydrogen) atoms. The van der Waals surface area contributed by atoms with Gasteiger partial charge in [-0.15, -0.1) is 12.4 Å². The van der Waals surface area contributed by atoms with Crippen LogP contribution in [0.15, 0.2) is 29.2 Å². The third-order valence-corrected chi connectivity index (χ3v) is 4.89. The van der Waals surface area contributed by atoms with Crippen molar-refractivity contribution >= 4 is 34.0 Å². The van der Waals surface area contributed by atoms with Crippen molar-refractivity contribution in [3.05, 3.63) is 29.3 Å². The van der Waals surface area contributed by atoms with Gasteiger partial charge in [-0.25, -0.2) is 8.42 Å². The van der Waals surface area contributed by atoms with Crippen molar-refractivity contribution in [2.24, 2.45) is 5.73 Å². The van der Waals surface area contributed by atoms with E-state index in [1.165, 1.54) is 16.4 Å². The fraction of sp³-hybridized carbons (Fsp3) is 0.455. The molecule has 108 valence electrons. The summed E-state index contributed by atoms with van der Waals surface area (Å²) in [4.78, 5) is 0.202. The average molecular weight is 327 g/mol. The zero-order valence-electron chi connectivity index (χ0n) is 10.2. The molecular formula is C11H16Cl2N2O3S. The van der Waals surface area contributed by atoms with Crippen molar-refractivity contribution in [2.75, 3.05) is 26.2 Å². The van der Waals surface area contributed by atoms with E-state index in [-0.39, 0.29) is 30.0 Å². The van der Waals surface area contributed by atoms with Gasteiger partial charge in [0.1, 0.15) is 0 Å². The van der Waals surface area contributed by atoms with Gasteiger partial charge in [-0.2, -0.15) is 4.31 Å². The van der Waals surface area contributed by atoms with Gasteiger partial charge < -0.3 is 10.5 Å². The maximum absolute atomic E-state index is 12.4. The van der Waals surface area contributed by atoms with Gasteiger partial charge in [0.2, 0.25) is 10.0 Å². The van der Waals surface area contributed by atoms with Crippen LogP contribution in [-0.4, -0.2) is 45.1 Å². The number of nitrogens with zero attached hydrogens (tertiary/aromatic N) is 1. The minimum Gasteiger partial charge on any atom is -0.374 e. The van der Waals surface area contributed by atoms with Gasteiger partial charge in [-0.1, -0.05) is 17.7 Å². The van der Waals surface area contributed by atoms with Gasteiger partial charge >= 0.3 is 0 Å². The Kier molecular flexibility index (Phi) is 6.04. The number of benzene rings is 1. The molecule has 0 bridgehead atoms. The van der Waals surface area contributed by atoms with E-state index in [9.17, 15) is 8.42 Å². The van der Waals surface area contributed by atoms with Crippen molar-refractivity contribution in [2.45, 2.75) is 11.0 Å². The third-order valence-electron chi connectivity index (χ3n) is 2.80. The van der Waals surface area contributed by atoms with Gasteiger partial charge in [0.25, 0.3) is 0 Å². The van der Waals surface area contributed by atoms with Crippen molar-refractivity contribution in [1.82, 2.24) is 4.31 Å². The highest BCUT2D eigenvalue weighted by Crippen LogP contribution is 2.21. The molecule has 1 atom stereocenters. The van der Waals surface area contributed by atoms with E-state index in [0.29, 0.717) is 24.7 Å². The Balaban J connectivity index is 0.00000180. The molecule has 0 amide bonds. The Morgan fingerprint density at radius 1 is 1.47 bits per heavy atom. The number of ether oxygens (including phenoxy) is 1. The lowest BCUT2D eigenvalue weighted by Gasteiger charge is -2.31. The molecule has 1 unspecified atom stereocenters.